The van der Waals surface area contributed by atoms with Crippen LogP contribution in [-0.2, 0) is 0 Å². The molecule has 1 aromatic carbocycles. The van der Waals surface area contributed by atoms with Crippen LogP contribution in [0, 0.1) is 6.92 Å². The predicted molar refractivity (Wildman–Crippen MR) is 73.1 cm³/mol. The zero-order chi connectivity index (χ0) is 12.5. The Kier molecular flexibility index (Phi) is 2.60. The zero-order valence-corrected chi connectivity index (χ0v) is 10.6. The van der Waals surface area contributed by atoms with Gasteiger partial charge in [-0.3, -0.25) is 0 Å². The first kappa shape index (κ1) is 11.0. The van der Waals surface area contributed by atoms with Crippen LogP contribution in [0.2, 0.25) is 0 Å². The Hall–Kier alpha value is -2.14. The van der Waals surface area contributed by atoms with Crippen molar-refractivity contribution in [3.05, 3.63) is 41.4 Å². The molecule has 4 nitrogen and oxygen atoms in total. The third kappa shape index (κ3) is 2.12. The Labute approximate surface area is 108 Å². The van der Waals surface area contributed by atoms with Crippen LogP contribution in [-0.4, -0.2) is 9.97 Å². The van der Waals surface area contributed by atoms with Crippen molar-refractivity contribution in [1.82, 2.24) is 9.97 Å². The van der Waals surface area contributed by atoms with Crippen molar-refractivity contribution < 1.29 is 4.74 Å². The van der Waals surface area contributed by atoms with Crippen LogP contribution in [0.1, 0.15) is 5.01 Å². The molecule has 0 fully saturated rings. The van der Waals surface area contributed by atoms with Crippen LogP contribution in [0.15, 0.2) is 36.4 Å². The molecule has 90 valence electrons. The summed E-state index contributed by atoms with van der Waals surface area (Å²) in [5.41, 5.74) is 6.55. The monoisotopic (exact) mass is 257 g/mol. The lowest BCUT2D eigenvalue weighted by molar-refractivity contribution is 0.464. The minimum atomic E-state index is 0.443. The summed E-state index contributed by atoms with van der Waals surface area (Å²) < 4.78 is 6.80. The van der Waals surface area contributed by atoms with Gasteiger partial charge in [-0.1, -0.05) is 6.07 Å². The maximum atomic E-state index is 5.65. The number of nitrogens with two attached hydrogens (primary N) is 1. The second-order valence-corrected chi connectivity index (χ2v) is 5.10. The number of rotatable bonds is 2. The van der Waals surface area contributed by atoms with Crippen molar-refractivity contribution >= 4 is 27.4 Å². The van der Waals surface area contributed by atoms with Crippen LogP contribution in [0.5, 0.6) is 11.6 Å². The second kappa shape index (κ2) is 4.27. The highest BCUT2D eigenvalue weighted by Gasteiger charge is 2.04. The van der Waals surface area contributed by atoms with E-state index < -0.39 is 0 Å². The number of aryl methyl sites for hydroxylation is 1. The third-order valence-electron chi connectivity index (χ3n) is 2.43. The van der Waals surface area contributed by atoms with Crippen LogP contribution < -0.4 is 10.5 Å². The van der Waals surface area contributed by atoms with Gasteiger partial charge in [0.05, 0.1) is 15.2 Å². The molecular weight excluding hydrogens is 246 g/mol. The van der Waals surface area contributed by atoms with Crippen LogP contribution in [0.4, 0.5) is 5.82 Å². The molecule has 0 radical (unpaired) electrons. The van der Waals surface area contributed by atoms with Gasteiger partial charge in [-0.2, -0.15) is 4.98 Å². The number of fused-ring (bicyclic) bond motifs is 1. The number of thiazole rings is 1. The van der Waals surface area contributed by atoms with Crippen molar-refractivity contribution in [3.63, 3.8) is 0 Å². The number of hydrogen-bond donors (Lipinski definition) is 1. The molecule has 5 heteroatoms. The average molecular weight is 257 g/mol. The van der Waals surface area contributed by atoms with E-state index in [0.29, 0.717) is 17.4 Å². The molecule has 0 atom stereocenters. The molecule has 3 aromatic rings. The summed E-state index contributed by atoms with van der Waals surface area (Å²) in [5, 5.41) is 1.05. The number of ether oxygens (including phenoxy) is 1. The minimum absolute atomic E-state index is 0.443. The van der Waals surface area contributed by atoms with E-state index in [2.05, 4.69) is 9.97 Å². The van der Waals surface area contributed by atoms with Gasteiger partial charge in [0.2, 0.25) is 5.88 Å². The Morgan fingerprint density at radius 3 is 2.89 bits per heavy atom. The molecule has 3 rings (SSSR count). The Balaban J connectivity index is 1.94. The summed E-state index contributed by atoms with van der Waals surface area (Å²) in [6, 6.07) is 11.1. The number of hydrogen-bond acceptors (Lipinski definition) is 5. The fourth-order valence-electron chi connectivity index (χ4n) is 1.69. The molecule has 0 aliphatic heterocycles. The Morgan fingerprint density at radius 2 is 2.06 bits per heavy atom. The molecule has 0 saturated carbocycles. The first-order valence-electron chi connectivity index (χ1n) is 5.48. The van der Waals surface area contributed by atoms with Gasteiger partial charge in [0, 0.05) is 12.1 Å². The first-order valence-corrected chi connectivity index (χ1v) is 6.30. The van der Waals surface area contributed by atoms with E-state index in [4.69, 9.17) is 10.5 Å². The average Bonchev–Trinajstić information content (AvgIpc) is 2.68. The highest BCUT2D eigenvalue weighted by atomic mass is 32.1. The molecule has 2 heterocycles. The molecule has 0 amide bonds. The van der Waals surface area contributed by atoms with Crippen molar-refractivity contribution in [1.29, 1.82) is 0 Å². The summed E-state index contributed by atoms with van der Waals surface area (Å²) in [6.45, 7) is 1.99. The van der Waals surface area contributed by atoms with Crippen LogP contribution in [0.25, 0.3) is 10.2 Å². The van der Waals surface area contributed by atoms with E-state index in [1.807, 2.05) is 31.2 Å². The highest BCUT2D eigenvalue weighted by molar-refractivity contribution is 7.18. The van der Waals surface area contributed by atoms with Gasteiger partial charge in [0.1, 0.15) is 11.6 Å². The predicted octanol–water partition coefficient (Wildman–Crippen LogP) is 3.37. The molecule has 0 bridgehead atoms. The number of nitrogen functional groups attached to an aromatic ring is 1. The number of nitrogens with zero attached hydrogens (tertiary/aromatic N) is 2. The molecule has 0 aliphatic carbocycles. The molecule has 0 aliphatic rings. The van der Waals surface area contributed by atoms with Crippen molar-refractivity contribution in [2.75, 3.05) is 5.73 Å². The Bertz CT molecular complexity index is 708. The minimum Gasteiger partial charge on any atom is -0.439 e. The van der Waals surface area contributed by atoms with Gasteiger partial charge in [0.15, 0.2) is 0 Å². The van der Waals surface area contributed by atoms with Crippen molar-refractivity contribution in [2.45, 2.75) is 6.92 Å². The van der Waals surface area contributed by atoms with E-state index in [1.165, 1.54) is 0 Å². The second-order valence-electron chi connectivity index (χ2n) is 3.87. The fraction of sp³-hybridized carbons (Fsp3) is 0.0769. The topological polar surface area (TPSA) is 61.0 Å². The normalized spacial score (nSPS) is 10.7. The number of benzene rings is 1. The fourth-order valence-corrected chi connectivity index (χ4v) is 2.50. The maximum Gasteiger partial charge on any atom is 0.221 e. The van der Waals surface area contributed by atoms with Gasteiger partial charge in [-0.25, -0.2) is 4.98 Å². The zero-order valence-electron chi connectivity index (χ0n) is 9.75. The van der Waals surface area contributed by atoms with E-state index in [1.54, 1.807) is 23.5 Å². The smallest absolute Gasteiger partial charge is 0.221 e. The molecule has 0 saturated heterocycles. The number of anilines is 1. The third-order valence-corrected chi connectivity index (χ3v) is 3.39. The highest BCUT2D eigenvalue weighted by Crippen LogP contribution is 2.27. The summed E-state index contributed by atoms with van der Waals surface area (Å²) in [7, 11) is 0. The SMILES string of the molecule is Cc1nc2cc(Oc3cccc(N)n3)ccc2s1. The van der Waals surface area contributed by atoms with Gasteiger partial charge in [-0.15, -0.1) is 11.3 Å². The van der Waals surface area contributed by atoms with Crippen molar-refractivity contribution in [2.24, 2.45) is 0 Å². The van der Waals surface area contributed by atoms with E-state index in [9.17, 15) is 0 Å². The molecule has 2 N–H and O–H groups in total. The van der Waals surface area contributed by atoms with Gasteiger partial charge < -0.3 is 10.5 Å². The van der Waals surface area contributed by atoms with Gasteiger partial charge in [-0.05, 0) is 25.1 Å². The summed E-state index contributed by atoms with van der Waals surface area (Å²) in [6.07, 6.45) is 0. The lowest BCUT2D eigenvalue weighted by Crippen LogP contribution is -1.92. The van der Waals surface area contributed by atoms with Gasteiger partial charge >= 0.3 is 0 Å². The lowest BCUT2D eigenvalue weighted by atomic mass is 10.3. The number of pyridine rings is 1. The van der Waals surface area contributed by atoms with E-state index >= 15 is 0 Å². The van der Waals surface area contributed by atoms with Crippen LogP contribution >= 0.6 is 11.3 Å². The first-order chi connectivity index (χ1) is 8.70. The molecular formula is C13H11N3OS. The Morgan fingerprint density at radius 1 is 1.17 bits per heavy atom. The van der Waals surface area contributed by atoms with Crippen LogP contribution in [0.3, 0.4) is 0 Å². The molecule has 2 aromatic heterocycles. The van der Waals surface area contributed by atoms with E-state index in [0.717, 1.165) is 15.2 Å². The molecule has 0 unspecified atom stereocenters. The molecule has 18 heavy (non-hydrogen) atoms. The number of aromatic nitrogens is 2. The quantitative estimate of drug-likeness (QED) is 0.764. The maximum absolute atomic E-state index is 5.65. The summed E-state index contributed by atoms with van der Waals surface area (Å²) in [5.74, 6) is 1.64. The van der Waals surface area contributed by atoms with Crippen molar-refractivity contribution in [3.8, 4) is 11.6 Å². The van der Waals surface area contributed by atoms with E-state index in [-0.39, 0.29) is 0 Å². The summed E-state index contributed by atoms with van der Waals surface area (Å²) in [4.78, 5) is 8.52. The largest absolute Gasteiger partial charge is 0.439 e. The standard InChI is InChI=1S/C13H11N3OS/c1-8-15-10-7-9(5-6-11(10)18-8)17-13-4-2-3-12(14)16-13/h2-7H,1H3,(H2,14,16). The lowest BCUT2D eigenvalue weighted by Gasteiger charge is -2.04. The summed E-state index contributed by atoms with van der Waals surface area (Å²) >= 11 is 1.67. The molecule has 0 spiro atoms. The van der Waals surface area contributed by atoms with Gasteiger partial charge in [0.25, 0.3) is 0 Å².